The Kier molecular flexibility index (Phi) is 60.0. The normalized spacial score (nSPS) is 12.8. The molecular formula is C66H125NO5. The monoisotopic (exact) mass is 1010 g/mol. The van der Waals surface area contributed by atoms with Gasteiger partial charge in [0.1, 0.15) is 0 Å². The van der Waals surface area contributed by atoms with Crippen LogP contribution in [0.2, 0.25) is 0 Å². The number of ether oxygens (including phenoxy) is 1. The Balaban J connectivity index is 3.45. The summed E-state index contributed by atoms with van der Waals surface area (Å²) in [6, 6.07) is -0.634. The van der Waals surface area contributed by atoms with E-state index < -0.39 is 12.1 Å². The van der Waals surface area contributed by atoms with Crippen LogP contribution in [0.15, 0.2) is 36.5 Å². The molecular weight excluding hydrogens is 887 g/mol. The predicted molar refractivity (Wildman–Crippen MR) is 315 cm³/mol. The largest absolute Gasteiger partial charge is 0.466 e. The zero-order chi connectivity index (χ0) is 52.2. The quantitative estimate of drug-likeness (QED) is 0.0320. The smallest absolute Gasteiger partial charge is 0.305 e. The molecule has 0 saturated heterocycles. The third-order valence-electron chi connectivity index (χ3n) is 14.9. The van der Waals surface area contributed by atoms with Crippen LogP contribution in [-0.2, 0) is 14.3 Å². The molecule has 6 heteroatoms. The highest BCUT2D eigenvalue weighted by Crippen LogP contribution is 2.18. The minimum Gasteiger partial charge on any atom is -0.466 e. The molecule has 3 N–H and O–H groups in total. The molecule has 0 fully saturated rings. The standard InChI is InChI=1S/C66H125NO5/c1-3-5-7-9-11-13-15-17-19-21-22-23-24-25-27-30-34-38-42-46-50-54-58-64(69)63(62-68)67-65(70)59-55-51-47-43-39-35-31-28-26-29-33-37-41-45-49-53-57-61-72-66(71)60-56-52-48-44-40-36-32-20-18-16-14-12-10-8-6-4-2/h14,16,20,32,54,58,63-64,68-69H,3-13,15,17-19,21-31,33-53,55-57,59-62H2,1-2H3,(H,67,70)/b16-14-,32-20-,58-54+. The van der Waals surface area contributed by atoms with Crippen molar-refractivity contribution in [3.63, 3.8) is 0 Å². The molecule has 0 heterocycles. The molecule has 0 aliphatic carbocycles. The Morgan fingerprint density at radius 3 is 1.07 bits per heavy atom. The van der Waals surface area contributed by atoms with Gasteiger partial charge in [-0.2, -0.15) is 0 Å². The van der Waals surface area contributed by atoms with Crippen molar-refractivity contribution in [3.8, 4) is 0 Å². The molecule has 1 amide bonds. The Labute approximate surface area is 449 Å². The number of carbonyl (C=O) groups is 2. The Morgan fingerprint density at radius 1 is 0.389 bits per heavy atom. The SMILES string of the molecule is CCCCCC/C=C\C/C=C\CCCCCCCC(=O)OCCCCCCCCCCCCCCCCCCCC(=O)NC(CO)C(O)/C=C/CCCCCCCCCCCCCCCCCCCCCC. The van der Waals surface area contributed by atoms with E-state index in [-0.39, 0.29) is 18.5 Å². The van der Waals surface area contributed by atoms with E-state index >= 15 is 0 Å². The third-order valence-corrected chi connectivity index (χ3v) is 14.9. The first-order valence-corrected chi connectivity index (χ1v) is 32.3. The Hall–Kier alpha value is -1.92. The average Bonchev–Trinajstić information content (AvgIpc) is 3.38. The summed E-state index contributed by atoms with van der Waals surface area (Å²) in [5, 5.41) is 23.2. The summed E-state index contributed by atoms with van der Waals surface area (Å²) in [5.41, 5.74) is 0. The maximum atomic E-state index is 12.5. The Bertz CT molecular complexity index is 1170. The van der Waals surface area contributed by atoms with Gasteiger partial charge in [-0.3, -0.25) is 9.59 Å². The fraction of sp³-hybridized carbons (Fsp3) is 0.879. The predicted octanol–water partition coefficient (Wildman–Crippen LogP) is 20.4. The van der Waals surface area contributed by atoms with E-state index in [1.54, 1.807) is 6.08 Å². The molecule has 0 spiro atoms. The molecule has 424 valence electrons. The maximum Gasteiger partial charge on any atom is 0.305 e. The second-order valence-electron chi connectivity index (χ2n) is 22.1. The summed E-state index contributed by atoms with van der Waals surface area (Å²) in [4.78, 5) is 24.6. The number of allylic oxidation sites excluding steroid dienone is 5. The lowest BCUT2D eigenvalue weighted by atomic mass is 10.0. The number of unbranched alkanes of at least 4 members (excludes halogenated alkanes) is 45. The van der Waals surface area contributed by atoms with Crippen LogP contribution in [0.25, 0.3) is 0 Å². The van der Waals surface area contributed by atoms with E-state index in [2.05, 4.69) is 43.5 Å². The number of nitrogens with one attached hydrogen (secondary N) is 1. The zero-order valence-corrected chi connectivity index (χ0v) is 48.4. The maximum absolute atomic E-state index is 12.5. The molecule has 0 bridgehead atoms. The van der Waals surface area contributed by atoms with Crippen LogP contribution in [0.3, 0.4) is 0 Å². The first-order valence-electron chi connectivity index (χ1n) is 32.3. The molecule has 0 aromatic heterocycles. The lowest BCUT2D eigenvalue weighted by molar-refractivity contribution is -0.143. The number of aliphatic hydroxyl groups is 2. The summed E-state index contributed by atoms with van der Waals surface area (Å²) in [6.45, 7) is 4.89. The van der Waals surface area contributed by atoms with Gasteiger partial charge < -0.3 is 20.3 Å². The number of carbonyl (C=O) groups excluding carboxylic acids is 2. The van der Waals surface area contributed by atoms with Gasteiger partial charge in [-0.05, 0) is 64.2 Å². The molecule has 72 heavy (non-hydrogen) atoms. The van der Waals surface area contributed by atoms with Crippen LogP contribution in [0.5, 0.6) is 0 Å². The topological polar surface area (TPSA) is 95.9 Å². The summed E-state index contributed by atoms with van der Waals surface area (Å²) >= 11 is 0. The first kappa shape index (κ1) is 70.1. The van der Waals surface area contributed by atoms with Gasteiger partial charge in [-0.25, -0.2) is 0 Å². The summed E-state index contributed by atoms with van der Waals surface area (Å²) < 4.78 is 5.48. The molecule has 6 nitrogen and oxygen atoms in total. The summed E-state index contributed by atoms with van der Waals surface area (Å²) in [5.74, 6) is -0.0793. The lowest BCUT2D eigenvalue weighted by Gasteiger charge is -2.20. The molecule has 0 aliphatic rings. The zero-order valence-electron chi connectivity index (χ0n) is 48.4. The number of hydrogen-bond acceptors (Lipinski definition) is 5. The number of hydrogen-bond donors (Lipinski definition) is 3. The van der Waals surface area contributed by atoms with Crippen molar-refractivity contribution < 1.29 is 24.5 Å². The van der Waals surface area contributed by atoms with Gasteiger partial charge in [0.05, 0.1) is 25.4 Å². The van der Waals surface area contributed by atoms with Gasteiger partial charge in [0.25, 0.3) is 0 Å². The number of rotatable bonds is 60. The lowest BCUT2D eigenvalue weighted by Crippen LogP contribution is -2.45. The third kappa shape index (κ3) is 57.4. The van der Waals surface area contributed by atoms with Gasteiger partial charge in [-0.1, -0.05) is 307 Å². The molecule has 0 radical (unpaired) electrons. The van der Waals surface area contributed by atoms with Crippen LogP contribution in [0, 0.1) is 0 Å². The van der Waals surface area contributed by atoms with Crippen molar-refractivity contribution in [1.82, 2.24) is 5.32 Å². The van der Waals surface area contributed by atoms with E-state index in [1.807, 2.05) is 6.08 Å². The van der Waals surface area contributed by atoms with Gasteiger partial charge in [0, 0.05) is 12.8 Å². The average molecular weight is 1010 g/mol. The van der Waals surface area contributed by atoms with Crippen LogP contribution in [-0.4, -0.2) is 47.4 Å². The van der Waals surface area contributed by atoms with Crippen LogP contribution in [0.1, 0.15) is 348 Å². The van der Waals surface area contributed by atoms with Crippen molar-refractivity contribution in [2.75, 3.05) is 13.2 Å². The second-order valence-corrected chi connectivity index (χ2v) is 22.1. The van der Waals surface area contributed by atoms with E-state index in [0.717, 1.165) is 51.4 Å². The second kappa shape index (κ2) is 61.6. The fourth-order valence-electron chi connectivity index (χ4n) is 9.96. The molecule has 0 saturated carbocycles. The van der Waals surface area contributed by atoms with E-state index in [1.165, 1.54) is 270 Å². The van der Waals surface area contributed by atoms with Crippen LogP contribution in [0.4, 0.5) is 0 Å². The van der Waals surface area contributed by atoms with Gasteiger partial charge in [-0.15, -0.1) is 0 Å². The van der Waals surface area contributed by atoms with Gasteiger partial charge >= 0.3 is 5.97 Å². The van der Waals surface area contributed by atoms with E-state index in [0.29, 0.717) is 19.4 Å². The fourth-order valence-corrected chi connectivity index (χ4v) is 9.96. The van der Waals surface area contributed by atoms with E-state index in [9.17, 15) is 19.8 Å². The first-order chi connectivity index (χ1) is 35.5. The highest BCUT2D eigenvalue weighted by Gasteiger charge is 2.18. The molecule has 2 unspecified atom stereocenters. The van der Waals surface area contributed by atoms with Crippen molar-refractivity contribution in [2.45, 2.75) is 360 Å². The Morgan fingerprint density at radius 2 is 0.694 bits per heavy atom. The van der Waals surface area contributed by atoms with Crippen molar-refractivity contribution in [3.05, 3.63) is 36.5 Å². The van der Waals surface area contributed by atoms with Crippen LogP contribution >= 0.6 is 0 Å². The number of aliphatic hydroxyl groups excluding tert-OH is 2. The molecule has 0 aliphatic heterocycles. The van der Waals surface area contributed by atoms with Crippen LogP contribution < -0.4 is 5.32 Å². The van der Waals surface area contributed by atoms with Crippen molar-refractivity contribution in [1.29, 1.82) is 0 Å². The van der Waals surface area contributed by atoms with Gasteiger partial charge in [0.2, 0.25) is 5.91 Å². The summed E-state index contributed by atoms with van der Waals surface area (Å²) in [7, 11) is 0. The summed E-state index contributed by atoms with van der Waals surface area (Å²) in [6.07, 6.45) is 77.5. The highest BCUT2D eigenvalue weighted by atomic mass is 16.5. The minimum atomic E-state index is -0.850. The van der Waals surface area contributed by atoms with Crippen molar-refractivity contribution >= 4 is 11.9 Å². The highest BCUT2D eigenvalue weighted by molar-refractivity contribution is 5.76. The van der Waals surface area contributed by atoms with E-state index in [4.69, 9.17) is 4.74 Å². The van der Waals surface area contributed by atoms with Crippen molar-refractivity contribution in [2.24, 2.45) is 0 Å². The molecule has 0 rings (SSSR count). The molecule has 2 atom stereocenters. The minimum absolute atomic E-state index is 0.00854. The molecule has 0 aromatic carbocycles. The molecule has 0 aromatic rings. The number of amides is 1. The van der Waals surface area contributed by atoms with Gasteiger partial charge in [0.15, 0.2) is 0 Å². The number of esters is 1.